The van der Waals surface area contributed by atoms with Gasteiger partial charge in [0.05, 0.1) is 32.0 Å². The Morgan fingerprint density at radius 3 is 2.23 bits per heavy atom. The van der Waals surface area contributed by atoms with E-state index in [2.05, 4.69) is 20.8 Å². The standard InChI is InChI=1S/C18H38O4/c1-6-16(3)14-17(7-2)22-11-9-8-10-18(20-5)15-21-13-12-19-4/h16-18H,6-15H2,1-5H3/t16?,17-,18?/m0/s1. The molecule has 0 aliphatic rings. The minimum atomic E-state index is 0.180. The van der Waals surface area contributed by atoms with Gasteiger partial charge in [0.2, 0.25) is 0 Å². The summed E-state index contributed by atoms with van der Waals surface area (Å²) in [4.78, 5) is 0. The van der Waals surface area contributed by atoms with Crippen LogP contribution in [0, 0.1) is 5.92 Å². The number of methoxy groups -OCH3 is 2. The number of hydrogen-bond donors (Lipinski definition) is 0. The van der Waals surface area contributed by atoms with Crippen LogP contribution in [0.15, 0.2) is 0 Å². The van der Waals surface area contributed by atoms with Crippen molar-refractivity contribution in [2.45, 2.75) is 71.5 Å². The average Bonchev–Trinajstić information content (AvgIpc) is 2.54. The fourth-order valence-electron chi connectivity index (χ4n) is 2.32. The van der Waals surface area contributed by atoms with E-state index in [9.17, 15) is 0 Å². The molecule has 2 unspecified atom stereocenters. The minimum Gasteiger partial charge on any atom is -0.382 e. The first-order valence-electron chi connectivity index (χ1n) is 8.88. The molecule has 22 heavy (non-hydrogen) atoms. The normalized spacial score (nSPS) is 15.7. The highest BCUT2D eigenvalue weighted by Crippen LogP contribution is 2.15. The predicted molar refractivity (Wildman–Crippen MR) is 91.4 cm³/mol. The van der Waals surface area contributed by atoms with Crippen LogP contribution in [-0.2, 0) is 18.9 Å². The second-order valence-corrected chi connectivity index (χ2v) is 6.07. The van der Waals surface area contributed by atoms with Gasteiger partial charge in [-0.1, -0.05) is 27.2 Å². The lowest BCUT2D eigenvalue weighted by Crippen LogP contribution is -2.20. The van der Waals surface area contributed by atoms with Crippen molar-refractivity contribution in [2.24, 2.45) is 5.92 Å². The maximum absolute atomic E-state index is 6.00. The van der Waals surface area contributed by atoms with Crippen LogP contribution in [-0.4, -0.2) is 52.9 Å². The summed E-state index contributed by atoms with van der Waals surface area (Å²) < 4.78 is 21.9. The first kappa shape index (κ1) is 21.8. The van der Waals surface area contributed by atoms with Crippen LogP contribution in [0.1, 0.15) is 59.3 Å². The summed E-state index contributed by atoms with van der Waals surface area (Å²) in [5.41, 5.74) is 0. The Hall–Kier alpha value is -0.160. The van der Waals surface area contributed by atoms with E-state index in [0.29, 0.717) is 25.9 Å². The monoisotopic (exact) mass is 318 g/mol. The summed E-state index contributed by atoms with van der Waals surface area (Å²) in [6.45, 7) is 9.54. The van der Waals surface area contributed by atoms with Crippen molar-refractivity contribution in [3.05, 3.63) is 0 Å². The van der Waals surface area contributed by atoms with E-state index in [0.717, 1.165) is 38.2 Å². The maximum Gasteiger partial charge on any atom is 0.0804 e. The van der Waals surface area contributed by atoms with E-state index in [1.807, 2.05) is 0 Å². The largest absolute Gasteiger partial charge is 0.382 e. The Balaban J connectivity index is 3.62. The molecule has 0 amide bonds. The van der Waals surface area contributed by atoms with Crippen LogP contribution < -0.4 is 0 Å². The van der Waals surface area contributed by atoms with E-state index in [1.165, 1.54) is 12.8 Å². The van der Waals surface area contributed by atoms with Gasteiger partial charge in [-0.15, -0.1) is 0 Å². The summed E-state index contributed by atoms with van der Waals surface area (Å²) >= 11 is 0. The van der Waals surface area contributed by atoms with Gasteiger partial charge in [-0.05, 0) is 38.0 Å². The highest BCUT2D eigenvalue weighted by molar-refractivity contribution is 4.61. The van der Waals surface area contributed by atoms with Gasteiger partial charge in [0.15, 0.2) is 0 Å². The van der Waals surface area contributed by atoms with Gasteiger partial charge >= 0.3 is 0 Å². The highest BCUT2D eigenvalue weighted by atomic mass is 16.5. The minimum absolute atomic E-state index is 0.180. The number of rotatable bonds is 16. The first-order chi connectivity index (χ1) is 10.7. The molecule has 0 spiro atoms. The van der Waals surface area contributed by atoms with E-state index in [-0.39, 0.29) is 6.10 Å². The van der Waals surface area contributed by atoms with Crippen molar-refractivity contribution in [1.82, 2.24) is 0 Å². The molecule has 0 aromatic carbocycles. The van der Waals surface area contributed by atoms with Gasteiger partial charge < -0.3 is 18.9 Å². The summed E-state index contributed by atoms with van der Waals surface area (Å²) in [6.07, 6.45) is 7.36. The molecule has 3 atom stereocenters. The van der Waals surface area contributed by atoms with Crippen molar-refractivity contribution < 1.29 is 18.9 Å². The van der Waals surface area contributed by atoms with Crippen molar-refractivity contribution in [2.75, 3.05) is 40.6 Å². The topological polar surface area (TPSA) is 36.9 Å². The molecule has 0 aliphatic heterocycles. The van der Waals surface area contributed by atoms with E-state index >= 15 is 0 Å². The molecule has 0 saturated carbocycles. The van der Waals surface area contributed by atoms with Crippen molar-refractivity contribution >= 4 is 0 Å². The molecule has 0 saturated heterocycles. The fraction of sp³-hybridized carbons (Fsp3) is 1.00. The Morgan fingerprint density at radius 1 is 0.864 bits per heavy atom. The van der Waals surface area contributed by atoms with E-state index in [4.69, 9.17) is 18.9 Å². The van der Waals surface area contributed by atoms with E-state index < -0.39 is 0 Å². The van der Waals surface area contributed by atoms with Crippen LogP contribution in [0.4, 0.5) is 0 Å². The molecule has 0 radical (unpaired) electrons. The maximum atomic E-state index is 6.00. The molecule has 0 N–H and O–H groups in total. The van der Waals surface area contributed by atoms with Gasteiger partial charge in [0, 0.05) is 20.8 Å². The third kappa shape index (κ3) is 12.4. The zero-order valence-electron chi connectivity index (χ0n) is 15.4. The molecule has 0 aliphatic carbocycles. The van der Waals surface area contributed by atoms with Gasteiger partial charge in [-0.3, -0.25) is 0 Å². The van der Waals surface area contributed by atoms with Crippen LogP contribution in [0.3, 0.4) is 0 Å². The van der Waals surface area contributed by atoms with Crippen LogP contribution in [0.2, 0.25) is 0 Å². The molecule has 0 aromatic rings. The Kier molecular flexibility index (Phi) is 15.6. The zero-order chi connectivity index (χ0) is 16.6. The molecule has 0 rings (SSSR count). The lowest BCUT2D eigenvalue weighted by molar-refractivity contribution is -0.0135. The summed E-state index contributed by atoms with van der Waals surface area (Å²) in [7, 11) is 3.43. The molecule has 0 bridgehead atoms. The molecule has 0 aromatic heterocycles. The van der Waals surface area contributed by atoms with E-state index in [1.54, 1.807) is 14.2 Å². The van der Waals surface area contributed by atoms with Crippen molar-refractivity contribution in [3.8, 4) is 0 Å². The molecule has 134 valence electrons. The number of unbranched alkanes of at least 4 members (excludes halogenated alkanes) is 1. The van der Waals surface area contributed by atoms with Gasteiger partial charge in [-0.25, -0.2) is 0 Å². The lowest BCUT2D eigenvalue weighted by atomic mass is 10.00. The molecular formula is C18H38O4. The molecule has 0 fully saturated rings. The predicted octanol–water partition coefficient (Wildman–Crippen LogP) is 4.07. The number of ether oxygens (including phenoxy) is 4. The Labute approximate surface area is 137 Å². The second-order valence-electron chi connectivity index (χ2n) is 6.07. The highest BCUT2D eigenvalue weighted by Gasteiger charge is 2.11. The Morgan fingerprint density at radius 2 is 1.64 bits per heavy atom. The van der Waals surface area contributed by atoms with Gasteiger partial charge in [0.1, 0.15) is 0 Å². The van der Waals surface area contributed by atoms with Gasteiger partial charge in [0.25, 0.3) is 0 Å². The smallest absolute Gasteiger partial charge is 0.0804 e. The van der Waals surface area contributed by atoms with Crippen LogP contribution in [0.25, 0.3) is 0 Å². The van der Waals surface area contributed by atoms with Crippen LogP contribution in [0.5, 0.6) is 0 Å². The van der Waals surface area contributed by atoms with Crippen molar-refractivity contribution in [1.29, 1.82) is 0 Å². The molecular weight excluding hydrogens is 280 g/mol. The number of hydrogen-bond acceptors (Lipinski definition) is 4. The molecule has 4 heteroatoms. The molecule has 0 heterocycles. The second kappa shape index (κ2) is 15.7. The SMILES string of the molecule is CCC(C)C[C@H](CC)OCCCCC(COCCOC)OC. The average molecular weight is 318 g/mol. The quantitative estimate of drug-likeness (QED) is 0.402. The summed E-state index contributed by atoms with van der Waals surface area (Å²) in [5.74, 6) is 0.757. The first-order valence-corrected chi connectivity index (χ1v) is 8.88. The Bertz CT molecular complexity index is 223. The summed E-state index contributed by atoms with van der Waals surface area (Å²) in [5, 5.41) is 0. The van der Waals surface area contributed by atoms with Crippen molar-refractivity contribution in [3.63, 3.8) is 0 Å². The molecule has 4 nitrogen and oxygen atoms in total. The lowest BCUT2D eigenvalue weighted by Gasteiger charge is -2.20. The third-order valence-electron chi connectivity index (χ3n) is 4.16. The fourth-order valence-corrected chi connectivity index (χ4v) is 2.32. The van der Waals surface area contributed by atoms with Gasteiger partial charge in [-0.2, -0.15) is 0 Å². The third-order valence-corrected chi connectivity index (χ3v) is 4.16. The van der Waals surface area contributed by atoms with Crippen LogP contribution >= 0.6 is 0 Å². The summed E-state index contributed by atoms with van der Waals surface area (Å²) in [6, 6.07) is 0. The zero-order valence-corrected chi connectivity index (χ0v) is 15.4.